The summed E-state index contributed by atoms with van der Waals surface area (Å²) in [5.74, 6) is 0.893. The van der Waals surface area contributed by atoms with E-state index in [1.807, 2.05) is 24.0 Å². The SMILES string of the molecule is CCOc1ncccc1C(=O)N1CCSC(c2ccccc2F)CC1. The number of hydrogen-bond donors (Lipinski definition) is 0. The molecule has 0 spiro atoms. The summed E-state index contributed by atoms with van der Waals surface area (Å²) < 4.78 is 19.5. The Balaban J connectivity index is 1.73. The van der Waals surface area contributed by atoms with Gasteiger partial charge in [0.15, 0.2) is 0 Å². The van der Waals surface area contributed by atoms with Gasteiger partial charge in [-0.15, -0.1) is 0 Å². The largest absolute Gasteiger partial charge is 0.477 e. The van der Waals surface area contributed by atoms with Crippen molar-refractivity contribution < 1.29 is 13.9 Å². The third-order valence-electron chi connectivity index (χ3n) is 4.16. The van der Waals surface area contributed by atoms with E-state index in [0.29, 0.717) is 31.1 Å². The fourth-order valence-corrected chi connectivity index (χ4v) is 4.19. The predicted molar refractivity (Wildman–Crippen MR) is 97.5 cm³/mol. The number of halogens is 1. The molecule has 1 aromatic carbocycles. The lowest BCUT2D eigenvalue weighted by atomic mass is 10.1. The number of thioether (sulfide) groups is 1. The quantitative estimate of drug-likeness (QED) is 0.828. The van der Waals surface area contributed by atoms with E-state index >= 15 is 0 Å². The molecule has 0 aliphatic carbocycles. The summed E-state index contributed by atoms with van der Waals surface area (Å²) in [4.78, 5) is 18.9. The molecule has 2 heterocycles. The van der Waals surface area contributed by atoms with Crippen LogP contribution in [0.2, 0.25) is 0 Å². The molecule has 1 amide bonds. The second-order valence-electron chi connectivity index (χ2n) is 5.75. The predicted octanol–water partition coefficient (Wildman–Crippen LogP) is 3.94. The molecule has 0 saturated carbocycles. The first-order chi connectivity index (χ1) is 12.2. The Hall–Kier alpha value is -2.08. The van der Waals surface area contributed by atoms with Crippen LogP contribution in [0.1, 0.15) is 34.5 Å². The highest BCUT2D eigenvalue weighted by Crippen LogP contribution is 2.36. The second kappa shape index (κ2) is 8.34. The molecular weight excluding hydrogens is 339 g/mol. The number of pyridine rings is 1. The number of rotatable bonds is 4. The van der Waals surface area contributed by atoms with Gasteiger partial charge in [0.1, 0.15) is 11.4 Å². The summed E-state index contributed by atoms with van der Waals surface area (Å²) in [6, 6.07) is 10.4. The Labute approximate surface area is 151 Å². The molecular formula is C19H21FN2O2S. The minimum atomic E-state index is -0.175. The van der Waals surface area contributed by atoms with Crippen LogP contribution in [0.25, 0.3) is 0 Å². The summed E-state index contributed by atoms with van der Waals surface area (Å²) in [6.07, 6.45) is 2.34. The van der Waals surface area contributed by atoms with Crippen molar-refractivity contribution in [2.45, 2.75) is 18.6 Å². The first kappa shape index (κ1) is 17.7. The van der Waals surface area contributed by atoms with Gasteiger partial charge in [-0.3, -0.25) is 4.79 Å². The van der Waals surface area contributed by atoms with Crippen molar-refractivity contribution in [3.63, 3.8) is 0 Å². The molecule has 0 radical (unpaired) electrons. The molecule has 4 nitrogen and oxygen atoms in total. The van der Waals surface area contributed by atoms with Gasteiger partial charge in [-0.1, -0.05) is 18.2 Å². The Bertz CT molecular complexity index is 741. The van der Waals surface area contributed by atoms with Gasteiger partial charge in [0, 0.05) is 35.9 Å². The highest BCUT2D eigenvalue weighted by atomic mass is 32.2. The molecule has 1 aliphatic rings. The van der Waals surface area contributed by atoms with E-state index in [9.17, 15) is 9.18 Å². The average molecular weight is 360 g/mol. The topological polar surface area (TPSA) is 42.4 Å². The fourth-order valence-electron chi connectivity index (χ4n) is 2.93. The molecule has 6 heteroatoms. The van der Waals surface area contributed by atoms with E-state index in [0.717, 1.165) is 17.7 Å². The number of carbonyl (C=O) groups is 1. The second-order valence-corrected chi connectivity index (χ2v) is 7.06. The van der Waals surface area contributed by atoms with E-state index in [2.05, 4.69) is 4.98 Å². The van der Waals surface area contributed by atoms with Crippen molar-refractivity contribution >= 4 is 17.7 Å². The molecule has 1 atom stereocenters. The van der Waals surface area contributed by atoms with Crippen molar-refractivity contribution in [2.75, 3.05) is 25.4 Å². The Morgan fingerprint density at radius 2 is 2.16 bits per heavy atom. The van der Waals surface area contributed by atoms with Crippen LogP contribution in [0, 0.1) is 5.82 Å². The zero-order valence-corrected chi connectivity index (χ0v) is 15.0. The molecule has 132 valence electrons. The first-order valence-corrected chi connectivity index (χ1v) is 9.48. The van der Waals surface area contributed by atoms with Gasteiger partial charge in [-0.2, -0.15) is 11.8 Å². The Morgan fingerprint density at radius 3 is 2.96 bits per heavy atom. The minimum Gasteiger partial charge on any atom is -0.477 e. The summed E-state index contributed by atoms with van der Waals surface area (Å²) in [5, 5.41) is 0.0688. The molecule has 0 bridgehead atoms. The van der Waals surface area contributed by atoms with E-state index in [1.54, 1.807) is 36.2 Å². The van der Waals surface area contributed by atoms with Gasteiger partial charge in [0.2, 0.25) is 5.88 Å². The molecule has 25 heavy (non-hydrogen) atoms. The van der Waals surface area contributed by atoms with Crippen LogP contribution in [-0.4, -0.2) is 41.2 Å². The fraction of sp³-hybridized carbons (Fsp3) is 0.368. The zero-order valence-electron chi connectivity index (χ0n) is 14.2. The monoisotopic (exact) mass is 360 g/mol. The number of aromatic nitrogens is 1. The van der Waals surface area contributed by atoms with Gasteiger partial charge in [0.05, 0.1) is 6.61 Å². The van der Waals surface area contributed by atoms with Crippen molar-refractivity contribution in [1.82, 2.24) is 9.88 Å². The lowest BCUT2D eigenvalue weighted by Crippen LogP contribution is -2.33. The van der Waals surface area contributed by atoms with Gasteiger partial charge in [-0.05, 0) is 31.5 Å². The average Bonchev–Trinajstić information content (AvgIpc) is 2.88. The molecule has 1 fully saturated rings. The number of carbonyl (C=O) groups excluding carboxylic acids is 1. The number of nitrogens with zero attached hydrogens (tertiary/aromatic N) is 2. The standard InChI is InChI=1S/C19H21FN2O2S/c1-2-24-18-15(7-5-10-21-18)19(23)22-11-9-17(25-13-12-22)14-6-3-4-8-16(14)20/h3-8,10,17H,2,9,11-13H2,1H3. The maximum Gasteiger partial charge on any atom is 0.259 e. The maximum atomic E-state index is 14.0. The third-order valence-corrected chi connectivity index (χ3v) is 5.47. The normalized spacial score (nSPS) is 17.8. The van der Waals surface area contributed by atoms with Crippen LogP contribution in [0.15, 0.2) is 42.6 Å². The summed E-state index contributed by atoms with van der Waals surface area (Å²) in [7, 11) is 0. The first-order valence-electron chi connectivity index (χ1n) is 8.43. The van der Waals surface area contributed by atoms with Crippen LogP contribution in [0.5, 0.6) is 5.88 Å². The minimum absolute atomic E-state index is 0.0688. The molecule has 2 aromatic rings. The van der Waals surface area contributed by atoms with Crippen LogP contribution in [0.3, 0.4) is 0 Å². The van der Waals surface area contributed by atoms with Gasteiger partial charge < -0.3 is 9.64 Å². The maximum absolute atomic E-state index is 14.0. The zero-order chi connectivity index (χ0) is 17.6. The van der Waals surface area contributed by atoms with E-state index in [-0.39, 0.29) is 17.0 Å². The van der Waals surface area contributed by atoms with Gasteiger partial charge in [-0.25, -0.2) is 9.37 Å². The van der Waals surface area contributed by atoms with Crippen molar-refractivity contribution in [2.24, 2.45) is 0 Å². The molecule has 1 aromatic heterocycles. The molecule has 3 rings (SSSR count). The van der Waals surface area contributed by atoms with E-state index in [4.69, 9.17) is 4.74 Å². The molecule has 1 unspecified atom stereocenters. The van der Waals surface area contributed by atoms with Crippen LogP contribution in [0.4, 0.5) is 4.39 Å². The van der Waals surface area contributed by atoms with Crippen LogP contribution >= 0.6 is 11.8 Å². The number of ether oxygens (including phenoxy) is 1. The van der Waals surface area contributed by atoms with Gasteiger partial charge in [0.25, 0.3) is 5.91 Å². The van der Waals surface area contributed by atoms with Gasteiger partial charge >= 0.3 is 0 Å². The Morgan fingerprint density at radius 1 is 1.32 bits per heavy atom. The van der Waals surface area contributed by atoms with E-state index < -0.39 is 0 Å². The lowest BCUT2D eigenvalue weighted by Gasteiger charge is -2.21. The molecule has 1 aliphatic heterocycles. The van der Waals surface area contributed by atoms with E-state index in [1.165, 1.54) is 6.07 Å². The summed E-state index contributed by atoms with van der Waals surface area (Å²) in [6.45, 7) is 3.55. The number of amides is 1. The van der Waals surface area contributed by atoms with Crippen LogP contribution < -0.4 is 4.74 Å². The summed E-state index contributed by atoms with van der Waals surface area (Å²) in [5.41, 5.74) is 1.21. The third kappa shape index (κ3) is 4.12. The van der Waals surface area contributed by atoms with Crippen molar-refractivity contribution in [3.8, 4) is 5.88 Å². The smallest absolute Gasteiger partial charge is 0.259 e. The molecule has 1 saturated heterocycles. The highest BCUT2D eigenvalue weighted by molar-refractivity contribution is 7.99. The molecule has 0 N–H and O–H groups in total. The number of hydrogen-bond acceptors (Lipinski definition) is 4. The van der Waals surface area contributed by atoms with Crippen molar-refractivity contribution in [1.29, 1.82) is 0 Å². The summed E-state index contributed by atoms with van der Waals surface area (Å²) >= 11 is 1.70. The van der Waals surface area contributed by atoms with Crippen molar-refractivity contribution in [3.05, 3.63) is 59.5 Å². The Kier molecular flexibility index (Phi) is 5.91. The van der Waals surface area contributed by atoms with Crippen LogP contribution in [-0.2, 0) is 0 Å². The highest BCUT2D eigenvalue weighted by Gasteiger charge is 2.26. The lowest BCUT2D eigenvalue weighted by molar-refractivity contribution is 0.0761. The number of benzene rings is 1.